The normalized spacial score (nSPS) is 32.8. The zero-order valence-electron chi connectivity index (χ0n) is 31.6. The number of aliphatic hydroxyl groups is 1. The van der Waals surface area contributed by atoms with Crippen LogP contribution in [0.15, 0.2) is 12.1 Å². The second-order valence-electron chi connectivity index (χ2n) is 16.7. The van der Waals surface area contributed by atoms with E-state index in [0.717, 1.165) is 49.4 Å². The number of hydrogen-bond acceptors (Lipinski definition) is 10. The van der Waals surface area contributed by atoms with Gasteiger partial charge in [-0.3, -0.25) is 4.90 Å². The van der Waals surface area contributed by atoms with Crippen LogP contribution in [0, 0.1) is 35.5 Å². The summed E-state index contributed by atoms with van der Waals surface area (Å²) in [6.07, 6.45) is 4.82. The monoisotopic (exact) mass is 689 g/mol. The highest BCUT2D eigenvalue weighted by Gasteiger charge is 2.75. The molecule has 1 heterocycles. The van der Waals surface area contributed by atoms with Crippen LogP contribution < -0.4 is 4.74 Å². The molecule has 6 rings (SSSR count). The topological polar surface area (TPSA) is 116 Å². The molecule has 2 bridgehead atoms. The largest absolute Gasteiger partial charge is 0.514 e. The predicted molar refractivity (Wildman–Crippen MR) is 187 cm³/mol. The van der Waals surface area contributed by atoms with Gasteiger partial charge in [0.25, 0.3) is 0 Å². The Morgan fingerprint density at radius 1 is 0.980 bits per heavy atom. The first-order valence-electron chi connectivity index (χ1n) is 18.4. The Labute approximate surface area is 294 Å². The molecule has 1 spiro atoms. The van der Waals surface area contributed by atoms with Crippen molar-refractivity contribution in [3.63, 3.8) is 0 Å². The Kier molecular flexibility index (Phi) is 11.4. The van der Waals surface area contributed by atoms with Gasteiger partial charge in [-0.2, -0.15) is 0 Å². The zero-order valence-corrected chi connectivity index (χ0v) is 31.6. The van der Waals surface area contributed by atoms with Crippen LogP contribution in [0.5, 0.6) is 11.5 Å². The van der Waals surface area contributed by atoms with Crippen molar-refractivity contribution in [2.75, 3.05) is 67.0 Å². The second kappa shape index (κ2) is 14.6. The number of phenolic OH excluding ortho intramolecular Hbond substituents is 1. The molecule has 10 heteroatoms. The summed E-state index contributed by atoms with van der Waals surface area (Å²) in [5.74, 6) is 0.985. The highest BCUT2D eigenvalue weighted by molar-refractivity contribution is 5.67. The molecule has 0 amide bonds. The average molecular weight is 690 g/mol. The quantitative estimate of drug-likeness (QED) is 0.124. The van der Waals surface area contributed by atoms with E-state index in [1.165, 1.54) is 12.8 Å². The lowest BCUT2D eigenvalue weighted by atomic mass is 9.33. The third-order valence-electron chi connectivity index (χ3n) is 13.4. The van der Waals surface area contributed by atoms with E-state index in [1.54, 1.807) is 20.3 Å². The van der Waals surface area contributed by atoms with Crippen molar-refractivity contribution in [3.8, 4) is 11.5 Å². The van der Waals surface area contributed by atoms with E-state index in [2.05, 4.69) is 39.5 Å². The number of rotatable bonds is 15. The minimum absolute atomic E-state index is 0.00578. The number of aryl methyl sites for hydroxylation is 1. The van der Waals surface area contributed by atoms with Gasteiger partial charge in [0.1, 0.15) is 6.61 Å². The fraction of sp³-hybridized carbons (Fsp3) is 0.821. The minimum Gasteiger partial charge on any atom is -0.504 e. The van der Waals surface area contributed by atoms with E-state index < -0.39 is 22.8 Å². The molecule has 10 nitrogen and oxygen atoms in total. The van der Waals surface area contributed by atoms with Crippen LogP contribution in [-0.4, -0.2) is 105 Å². The smallest absolute Gasteiger partial charge is 0.504 e. The van der Waals surface area contributed by atoms with Gasteiger partial charge in [-0.25, -0.2) is 4.79 Å². The molecule has 1 saturated heterocycles. The molecule has 0 aromatic heterocycles. The number of piperidine rings is 1. The highest BCUT2D eigenvalue weighted by atomic mass is 16.7. The zero-order chi connectivity index (χ0) is 35.8. The summed E-state index contributed by atoms with van der Waals surface area (Å²) in [7, 11) is 3.42. The Morgan fingerprint density at radius 3 is 2.24 bits per heavy atom. The van der Waals surface area contributed by atoms with Crippen molar-refractivity contribution in [1.82, 2.24) is 4.90 Å². The van der Waals surface area contributed by atoms with Gasteiger partial charge in [0.2, 0.25) is 0 Å². The maximum Gasteiger partial charge on any atom is 0.514 e. The molecule has 0 radical (unpaired) electrons. The maximum absolute atomic E-state index is 12.8. The Balaban J connectivity index is 1.45. The molecular formula is C39H63NO9. The van der Waals surface area contributed by atoms with E-state index in [9.17, 15) is 15.0 Å². The van der Waals surface area contributed by atoms with Crippen molar-refractivity contribution < 1.29 is 43.4 Å². The summed E-state index contributed by atoms with van der Waals surface area (Å²) in [5.41, 5.74) is -0.897. The first-order valence-corrected chi connectivity index (χ1v) is 18.4. The number of likely N-dealkylation sites (tertiary alicyclic amines) is 1. The molecule has 7 atom stereocenters. The fourth-order valence-corrected chi connectivity index (χ4v) is 10.2. The van der Waals surface area contributed by atoms with E-state index in [1.807, 2.05) is 19.9 Å². The lowest BCUT2D eigenvalue weighted by Crippen LogP contribution is -2.78. The minimum atomic E-state index is -0.993. The lowest BCUT2D eigenvalue weighted by molar-refractivity contribution is -0.296. The average Bonchev–Trinajstić information content (AvgIpc) is 3.86. The number of fused-ring (bicyclic) bond motifs is 2. The standard InChI is InChI=1S/C39H63NO9/c1-26-10-13-30(49-34(42)48-21-20-47-19-18-46-17-16-44-8)33(41)32(26)37-14-15-40(24-29-11-12-29)28(3)39(37)23-31(36(7,43)35(4,5)6)38(25-37,45-9)22-27(39)2/h10,13,27-29,31,41,43H,11-12,14-25H2,1-9H3/t27?,28?,31?,36?,37?,38-,39-/m0/s1. The van der Waals surface area contributed by atoms with Crippen LogP contribution in [0.25, 0.3) is 0 Å². The van der Waals surface area contributed by atoms with Crippen LogP contribution in [0.4, 0.5) is 4.79 Å². The van der Waals surface area contributed by atoms with Gasteiger partial charge >= 0.3 is 6.16 Å². The number of carbonyl (C=O) groups is 1. The van der Waals surface area contributed by atoms with E-state index in [0.29, 0.717) is 32.8 Å². The Bertz CT molecular complexity index is 1310. The Hall–Kier alpha value is -1.95. The van der Waals surface area contributed by atoms with Crippen molar-refractivity contribution in [1.29, 1.82) is 0 Å². The molecule has 278 valence electrons. The van der Waals surface area contributed by atoms with Crippen molar-refractivity contribution >= 4 is 6.16 Å². The summed E-state index contributed by atoms with van der Waals surface area (Å²) < 4.78 is 33.4. The Morgan fingerprint density at radius 2 is 1.63 bits per heavy atom. The van der Waals surface area contributed by atoms with Gasteiger partial charge in [-0.15, -0.1) is 0 Å². The second-order valence-corrected chi connectivity index (χ2v) is 16.7. The van der Waals surface area contributed by atoms with E-state index in [-0.39, 0.29) is 53.4 Å². The van der Waals surface area contributed by atoms with Gasteiger partial charge in [-0.05, 0) is 100 Å². The highest BCUT2D eigenvalue weighted by Crippen LogP contribution is 2.75. The van der Waals surface area contributed by atoms with Crippen LogP contribution in [0.3, 0.4) is 0 Å². The van der Waals surface area contributed by atoms with Crippen LogP contribution in [0.2, 0.25) is 0 Å². The molecule has 1 aromatic rings. The number of hydrogen-bond donors (Lipinski definition) is 2. The summed E-state index contributed by atoms with van der Waals surface area (Å²) in [6.45, 7) is 19.2. The van der Waals surface area contributed by atoms with E-state index in [4.69, 9.17) is 28.4 Å². The van der Waals surface area contributed by atoms with Crippen molar-refractivity contribution in [2.45, 2.75) is 110 Å². The van der Waals surface area contributed by atoms with Gasteiger partial charge < -0.3 is 38.6 Å². The maximum atomic E-state index is 12.8. The van der Waals surface area contributed by atoms with Gasteiger partial charge in [0.15, 0.2) is 11.5 Å². The number of carbonyl (C=O) groups excluding carboxylic acids is 1. The molecule has 5 aliphatic rings. The van der Waals surface area contributed by atoms with Gasteiger partial charge in [0.05, 0.1) is 44.2 Å². The number of aromatic hydroxyl groups is 1. The molecule has 49 heavy (non-hydrogen) atoms. The third-order valence-corrected chi connectivity index (χ3v) is 13.4. The lowest BCUT2D eigenvalue weighted by Gasteiger charge is -2.76. The van der Waals surface area contributed by atoms with Crippen LogP contribution in [0.1, 0.15) is 91.2 Å². The molecule has 5 fully saturated rings. The van der Waals surface area contributed by atoms with Gasteiger partial charge in [0, 0.05) is 43.7 Å². The van der Waals surface area contributed by atoms with Gasteiger partial charge in [-0.1, -0.05) is 33.8 Å². The summed E-state index contributed by atoms with van der Waals surface area (Å²) >= 11 is 0. The summed E-state index contributed by atoms with van der Waals surface area (Å²) in [6, 6.07) is 3.81. The van der Waals surface area contributed by atoms with Crippen LogP contribution >= 0.6 is 0 Å². The van der Waals surface area contributed by atoms with E-state index >= 15 is 0 Å². The van der Waals surface area contributed by atoms with Crippen molar-refractivity contribution in [3.05, 3.63) is 23.3 Å². The molecule has 5 unspecified atom stereocenters. The molecule has 2 N–H and O–H groups in total. The molecular weight excluding hydrogens is 626 g/mol. The number of benzene rings is 1. The number of ether oxygens (including phenoxy) is 6. The summed E-state index contributed by atoms with van der Waals surface area (Å²) in [4.78, 5) is 15.5. The predicted octanol–water partition coefficient (Wildman–Crippen LogP) is 6.26. The molecule has 1 aromatic carbocycles. The number of phenols is 1. The number of methoxy groups -OCH3 is 2. The summed E-state index contributed by atoms with van der Waals surface area (Å²) in [5, 5.41) is 24.6. The third kappa shape index (κ3) is 6.87. The first kappa shape index (κ1) is 38.3. The van der Waals surface area contributed by atoms with Crippen molar-refractivity contribution in [2.24, 2.45) is 28.6 Å². The molecule has 4 saturated carbocycles. The number of nitrogens with zero attached hydrogens (tertiary/aromatic N) is 1. The SMILES string of the molecule is COCCOCCOCCOC(=O)Oc1ccc(C)c(C23CCN(CC4CC4)C(C)[C@@]24CC(C(C)(O)C(C)(C)C)[C@](OC)(CC4C)C3)c1O. The fourth-order valence-electron chi connectivity index (χ4n) is 10.2. The van der Waals surface area contributed by atoms with Crippen LogP contribution in [-0.2, 0) is 29.1 Å². The molecule has 4 aliphatic carbocycles. The molecule has 1 aliphatic heterocycles. The first-order chi connectivity index (χ1) is 23.1.